The Morgan fingerprint density at radius 2 is 1.93 bits per heavy atom. The summed E-state index contributed by atoms with van der Waals surface area (Å²) in [7, 11) is 1.65. The van der Waals surface area contributed by atoms with E-state index >= 15 is 0 Å². The molecule has 0 spiro atoms. The standard InChI is InChI=1S/C32H39F3N8O/c1-41(21-37)27(38)18-31(8-7-9-31)23-16-28(39-11-4-3-10-36)40-29(17-23)43-20-25-24(30(43)44)14-22(15-26(25)32(33,34)35)19-42-12-5-2-6-13-42/h14-17,21,37-38H,2-9,11-13,18-20H2,1H3,(H,39,40). The molecule has 0 bridgehead atoms. The zero-order chi connectivity index (χ0) is 31.5. The minimum absolute atomic E-state index is 0.0339. The number of fused-ring (bicyclic) bond motifs is 1. The molecule has 5 rings (SSSR count). The third-order valence-corrected chi connectivity index (χ3v) is 9.17. The maximum absolute atomic E-state index is 14.4. The van der Waals surface area contributed by atoms with Crippen molar-refractivity contribution in [2.75, 3.05) is 36.9 Å². The van der Waals surface area contributed by atoms with Crippen LogP contribution in [0, 0.1) is 22.1 Å². The van der Waals surface area contributed by atoms with E-state index in [1.54, 1.807) is 19.2 Å². The summed E-state index contributed by atoms with van der Waals surface area (Å²) in [5.74, 6) is 0.502. The molecule has 1 aliphatic carbocycles. The molecule has 0 radical (unpaired) electrons. The Morgan fingerprint density at radius 3 is 2.57 bits per heavy atom. The van der Waals surface area contributed by atoms with Crippen LogP contribution in [0.15, 0.2) is 24.3 Å². The molecule has 3 heterocycles. The summed E-state index contributed by atoms with van der Waals surface area (Å²) in [4.78, 5) is 23.5. The number of hydrogen-bond acceptors (Lipinski definition) is 7. The second-order valence-corrected chi connectivity index (χ2v) is 12.2. The quantitative estimate of drug-likeness (QED) is 0.157. The van der Waals surface area contributed by atoms with Crippen molar-refractivity contribution in [2.45, 2.75) is 82.5 Å². The summed E-state index contributed by atoms with van der Waals surface area (Å²) in [6.07, 6.45) is 3.48. The van der Waals surface area contributed by atoms with E-state index < -0.39 is 23.1 Å². The summed E-state index contributed by atoms with van der Waals surface area (Å²) in [5, 5.41) is 28.2. The van der Waals surface area contributed by atoms with Crippen molar-refractivity contribution in [1.82, 2.24) is 14.8 Å². The zero-order valence-electron chi connectivity index (χ0n) is 25.1. The Morgan fingerprint density at radius 1 is 1.18 bits per heavy atom. The van der Waals surface area contributed by atoms with Crippen molar-refractivity contribution in [2.24, 2.45) is 0 Å². The molecule has 44 heavy (non-hydrogen) atoms. The number of hydrogen-bond donors (Lipinski definition) is 3. The van der Waals surface area contributed by atoms with E-state index in [0.29, 0.717) is 43.7 Å². The predicted molar refractivity (Wildman–Crippen MR) is 163 cm³/mol. The third-order valence-electron chi connectivity index (χ3n) is 9.17. The van der Waals surface area contributed by atoms with Gasteiger partial charge in [-0.25, -0.2) is 4.98 Å². The van der Waals surface area contributed by atoms with E-state index in [1.165, 1.54) is 15.9 Å². The number of carbonyl (C=O) groups is 1. The minimum atomic E-state index is -4.61. The van der Waals surface area contributed by atoms with Crippen LogP contribution in [-0.4, -0.2) is 59.5 Å². The largest absolute Gasteiger partial charge is 0.416 e. The number of rotatable bonds is 11. The van der Waals surface area contributed by atoms with Gasteiger partial charge in [0, 0.05) is 44.0 Å². The lowest BCUT2D eigenvalue weighted by Gasteiger charge is -2.43. The highest BCUT2D eigenvalue weighted by Gasteiger charge is 2.43. The second-order valence-electron chi connectivity index (χ2n) is 12.2. The van der Waals surface area contributed by atoms with Crippen LogP contribution in [0.5, 0.6) is 0 Å². The molecule has 3 aliphatic rings. The first-order valence-electron chi connectivity index (χ1n) is 15.3. The molecule has 1 amide bonds. The molecule has 0 atom stereocenters. The van der Waals surface area contributed by atoms with Crippen LogP contribution < -0.4 is 10.2 Å². The van der Waals surface area contributed by atoms with Crippen molar-refractivity contribution in [1.29, 1.82) is 16.1 Å². The number of amidine groups is 1. The number of unbranched alkanes of at least 4 members (excludes halogenated alkanes) is 1. The van der Waals surface area contributed by atoms with Gasteiger partial charge in [0.25, 0.3) is 5.91 Å². The topological polar surface area (TPSA) is 123 Å². The number of pyridine rings is 1. The lowest BCUT2D eigenvalue weighted by Crippen LogP contribution is -2.40. The highest BCUT2D eigenvalue weighted by atomic mass is 19.4. The van der Waals surface area contributed by atoms with E-state index in [9.17, 15) is 18.0 Å². The molecular weight excluding hydrogens is 569 g/mol. The summed E-state index contributed by atoms with van der Waals surface area (Å²) in [5.41, 5.74) is 0.178. The van der Waals surface area contributed by atoms with Crippen molar-refractivity contribution < 1.29 is 18.0 Å². The van der Waals surface area contributed by atoms with E-state index in [0.717, 1.165) is 63.5 Å². The Labute approximate surface area is 256 Å². The molecule has 1 aromatic carbocycles. The smallest absolute Gasteiger partial charge is 0.370 e. The fraction of sp³-hybridized carbons (Fsp3) is 0.531. The van der Waals surface area contributed by atoms with Crippen LogP contribution in [0.25, 0.3) is 0 Å². The summed E-state index contributed by atoms with van der Waals surface area (Å²) >= 11 is 0. The molecule has 2 fully saturated rings. The highest BCUT2D eigenvalue weighted by Crippen LogP contribution is 2.48. The molecule has 2 aliphatic heterocycles. The highest BCUT2D eigenvalue weighted by molar-refractivity contribution is 6.10. The van der Waals surface area contributed by atoms with Crippen molar-refractivity contribution in [3.63, 3.8) is 0 Å². The zero-order valence-corrected chi connectivity index (χ0v) is 25.1. The average molecular weight is 609 g/mol. The minimum Gasteiger partial charge on any atom is -0.370 e. The number of benzene rings is 1. The fourth-order valence-electron chi connectivity index (χ4n) is 6.50. The molecule has 12 heteroatoms. The van der Waals surface area contributed by atoms with Gasteiger partial charge in [-0.1, -0.05) is 12.8 Å². The van der Waals surface area contributed by atoms with Crippen LogP contribution in [-0.2, 0) is 24.7 Å². The number of carbonyl (C=O) groups excluding carboxylic acids is 1. The van der Waals surface area contributed by atoms with Gasteiger partial charge in [0.05, 0.1) is 24.5 Å². The first kappa shape index (κ1) is 31.4. The first-order valence-corrected chi connectivity index (χ1v) is 15.3. The maximum Gasteiger partial charge on any atom is 0.416 e. The van der Waals surface area contributed by atoms with Gasteiger partial charge in [-0.3, -0.25) is 25.4 Å². The van der Waals surface area contributed by atoms with Gasteiger partial charge in [0.1, 0.15) is 17.5 Å². The van der Waals surface area contributed by atoms with Gasteiger partial charge < -0.3 is 10.2 Å². The predicted octanol–water partition coefficient (Wildman–Crippen LogP) is 6.29. The summed E-state index contributed by atoms with van der Waals surface area (Å²) in [6.45, 7) is 2.25. The number of aromatic nitrogens is 1. The van der Waals surface area contributed by atoms with Crippen LogP contribution in [0.2, 0.25) is 0 Å². The normalized spacial score (nSPS) is 17.9. The van der Waals surface area contributed by atoms with Gasteiger partial charge in [-0.2, -0.15) is 18.4 Å². The van der Waals surface area contributed by atoms with Crippen LogP contribution in [0.1, 0.15) is 90.4 Å². The van der Waals surface area contributed by atoms with E-state index in [2.05, 4.69) is 21.3 Å². The number of halogens is 3. The summed E-state index contributed by atoms with van der Waals surface area (Å²) in [6, 6.07) is 8.60. The maximum atomic E-state index is 14.4. The van der Waals surface area contributed by atoms with Gasteiger partial charge in [0.2, 0.25) is 0 Å². The van der Waals surface area contributed by atoms with Crippen molar-refractivity contribution in [3.8, 4) is 6.07 Å². The van der Waals surface area contributed by atoms with Crippen LogP contribution in [0.4, 0.5) is 24.8 Å². The van der Waals surface area contributed by atoms with E-state index in [4.69, 9.17) is 16.1 Å². The molecule has 1 saturated heterocycles. The van der Waals surface area contributed by atoms with Crippen molar-refractivity contribution >= 4 is 29.7 Å². The lowest BCUT2D eigenvalue weighted by atomic mass is 9.62. The van der Waals surface area contributed by atoms with Gasteiger partial charge >= 0.3 is 6.18 Å². The fourth-order valence-corrected chi connectivity index (χ4v) is 6.50. The number of likely N-dealkylation sites (tertiary alicyclic amines) is 1. The molecule has 9 nitrogen and oxygen atoms in total. The molecule has 1 aromatic heterocycles. The number of nitriles is 1. The molecule has 1 saturated carbocycles. The Kier molecular flexibility index (Phi) is 9.25. The number of nitrogens with zero attached hydrogens (tertiary/aromatic N) is 5. The summed E-state index contributed by atoms with van der Waals surface area (Å²) < 4.78 is 43.1. The van der Waals surface area contributed by atoms with Gasteiger partial charge in [0.15, 0.2) is 0 Å². The van der Waals surface area contributed by atoms with Gasteiger partial charge in [-0.05, 0) is 86.1 Å². The molecule has 0 unspecified atom stereocenters. The Bertz CT molecular complexity index is 1460. The molecule has 3 N–H and O–H groups in total. The number of anilines is 2. The van der Waals surface area contributed by atoms with E-state index in [1.807, 2.05) is 6.07 Å². The lowest BCUT2D eigenvalue weighted by molar-refractivity contribution is -0.138. The number of nitrogens with one attached hydrogen (secondary N) is 3. The second kappa shape index (κ2) is 12.9. The molecule has 234 valence electrons. The number of alkyl halides is 3. The third kappa shape index (κ3) is 6.58. The number of amides is 1. The van der Waals surface area contributed by atoms with Crippen LogP contribution >= 0.6 is 0 Å². The first-order chi connectivity index (χ1) is 21.0. The average Bonchev–Trinajstić information content (AvgIpc) is 3.32. The Balaban J connectivity index is 1.51. The van der Waals surface area contributed by atoms with E-state index in [-0.39, 0.29) is 29.3 Å². The molecule has 2 aromatic rings. The monoisotopic (exact) mass is 608 g/mol. The SMILES string of the molecule is CN(C=N)C(=N)CC1(c2cc(NCCCC#N)nc(N3Cc4c(cc(CN5CCCCC5)cc4C(F)(F)F)C3=O)c2)CCC1. The van der Waals surface area contributed by atoms with Crippen molar-refractivity contribution in [3.05, 3.63) is 52.1 Å². The number of piperidine rings is 1. The van der Waals surface area contributed by atoms with Gasteiger partial charge in [-0.15, -0.1) is 0 Å². The Hall–Kier alpha value is -3.98. The van der Waals surface area contributed by atoms with Crippen LogP contribution in [0.3, 0.4) is 0 Å². The molecular formula is C32H39F3N8O.